The molecule has 0 unspecified atom stereocenters. The van der Waals surface area contributed by atoms with Gasteiger partial charge in [0.15, 0.2) is 0 Å². The first kappa shape index (κ1) is 11.2. The molecular weight excluding hydrogens is 156 g/mol. The lowest BCUT2D eigenvalue weighted by atomic mass is 10.0. The van der Waals surface area contributed by atoms with E-state index in [2.05, 4.69) is 11.3 Å². The zero-order valence-corrected chi connectivity index (χ0v) is 7.45. The van der Waals surface area contributed by atoms with Crippen LogP contribution in [0.2, 0.25) is 0 Å². The molecule has 1 N–H and O–H groups in total. The first-order chi connectivity index (χ1) is 5.76. The van der Waals surface area contributed by atoms with Gasteiger partial charge in [-0.15, -0.1) is 6.58 Å². The Labute approximate surface area is 73.0 Å². The van der Waals surface area contributed by atoms with E-state index in [4.69, 9.17) is 5.11 Å². The van der Waals surface area contributed by atoms with Gasteiger partial charge >= 0.3 is 5.97 Å². The molecule has 0 aromatic rings. The molecule has 0 aliphatic rings. The monoisotopic (exact) mass is 172 g/mol. The number of rotatable bonds is 6. The van der Waals surface area contributed by atoms with Crippen LogP contribution in [0.25, 0.3) is 0 Å². The second-order valence-corrected chi connectivity index (χ2v) is 2.58. The van der Waals surface area contributed by atoms with Crippen molar-refractivity contribution in [1.82, 2.24) is 0 Å². The molecule has 0 amide bonds. The molecule has 0 aliphatic heterocycles. The molecule has 0 heterocycles. The lowest BCUT2D eigenvalue weighted by molar-refractivity contribution is -0.143. The second-order valence-electron chi connectivity index (χ2n) is 2.58. The number of esters is 1. The zero-order chi connectivity index (χ0) is 9.40. The molecule has 1 atom stereocenters. The van der Waals surface area contributed by atoms with Crippen molar-refractivity contribution in [1.29, 1.82) is 0 Å². The van der Waals surface area contributed by atoms with Crippen LogP contribution in [0.5, 0.6) is 0 Å². The summed E-state index contributed by atoms with van der Waals surface area (Å²) in [5.74, 6) is -0.468. The lowest BCUT2D eigenvalue weighted by Gasteiger charge is -2.08. The molecule has 0 aliphatic carbocycles. The molecule has 0 fully saturated rings. The predicted molar refractivity (Wildman–Crippen MR) is 46.6 cm³/mol. The third-order valence-corrected chi connectivity index (χ3v) is 1.71. The largest absolute Gasteiger partial charge is 0.469 e. The lowest BCUT2D eigenvalue weighted by Crippen LogP contribution is -2.13. The van der Waals surface area contributed by atoms with E-state index >= 15 is 0 Å². The molecule has 0 bridgehead atoms. The van der Waals surface area contributed by atoms with Gasteiger partial charge in [-0.2, -0.15) is 0 Å². The van der Waals surface area contributed by atoms with Crippen molar-refractivity contribution in [2.24, 2.45) is 5.92 Å². The van der Waals surface area contributed by atoms with Crippen LogP contribution < -0.4 is 0 Å². The van der Waals surface area contributed by atoms with Crippen LogP contribution in [0.1, 0.15) is 19.3 Å². The van der Waals surface area contributed by atoms with Gasteiger partial charge in [0.1, 0.15) is 0 Å². The summed E-state index contributed by atoms with van der Waals surface area (Å²) >= 11 is 0. The van der Waals surface area contributed by atoms with Crippen LogP contribution in [0, 0.1) is 5.92 Å². The molecular formula is C9H16O3. The summed E-state index contributed by atoms with van der Waals surface area (Å²) in [7, 11) is 1.37. The molecule has 0 saturated carbocycles. The first-order valence-corrected chi connectivity index (χ1v) is 4.07. The third kappa shape index (κ3) is 4.13. The molecule has 0 aromatic heterocycles. The molecule has 0 saturated heterocycles. The third-order valence-electron chi connectivity index (χ3n) is 1.71. The van der Waals surface area contributed by atoms with Crippen molar-refractivity contribution >= 4 is 5.97 Å². The fraction of sp³-hybridized carbons (Fsp3) is 0.667. The quantitative estimate of drug-likeness (QED) is 0.371. The fourth-order valence-corrected chi connectivity index (χ4v) is 0.959. The molecule has 0 aromatic carbocycles. The summed E-state index contributed by atoms with van der Waals surface area (Å²) in [6, 6.07) is 0. The van der Waals surface area contributed by atoms with E-state index in [1.807, 2.05) is 0 Å². The normalized spacial score (nSPS) is 12.2. The molecule has 0 spiro atoms. The highest BCUT2D eigenvalue weighted by Crippen LogP contribution is 2.10. The summed E-state index contributed by atoms with van der Waals surface area (Å²) in [5.41, 5.74) is 0. The van der Waals surface area contributed by atoms with Gasteiger partial charge in [0.25, 0.3) is 0 Å². The highest BCUT2D eigenvalue weighted by Gasteiger charge is 2.13. The number of ether oxygens (including phenoxy) is 1. The Balaban J connectivity index is 3.67. The summed E-state index contributed by atoms with van der Waals surface area (Å²) in [5, 5.41) is 8.51. The number of hydrogen-bond donors (Lipinski definition) is 1. The second kappa shape index (κ2) is 6.85. The molecule has 0 radical (unpaired) electrons. The molecule has 0 rings (SSSR count). The highest BCUT2D eigenvalue weighted by atomic mass is 16.5. The summed E-state index contributed by atoms with van der Waals surface area (Å²) < 4.78 is 4.56. The summed E-state index contributed by atoms with van der Waals surface area (Å²) in [6.45, 7) is 3.72. The van der Waals surface area contributed by atoms with E-state index in [0.717, 1.165) is 12.8 Å². The van der Waals surface area contributed by atoms with Crippen molar-refractivity contribution in [2.75, 3.05) is 13.7 Å². The van der Waals surface area contributed by atoms with Crippen molar-refractivity contribution < 1.29 is 14.6 Å². The maximum atomic E-state index is 11.0. The van der Waals surface area contributed by atoms with E-state index in [1.54, 1.807) is 6.08 Å². The van der Waals surface area contributed by atoms with E-state index in [0.29, 0.717) is 6.42 Å². The van der Waals surface area contributed by atoms with Gasteiger partial charge in [0.2, 0.25) is 0 Å². The number of hydrogen-bond acceptors (Lipinski definition) is 3. The summed E-state index contributed by atoms with van der Waals surface area (Å²) in [4.78, 5) is 11.0. The molecule has 70 valence electrons. The van der Waals surface area contributed by atoms with Gasteiger partial charge in [-0.3, -0.25) is 4.79 Å². The average molecular weight is 172 g/mol. The van der Waals surface area contributed by atoms with Crippen LogP contribution >= 0.6 is 0 Å². The van der Waals surface area contributed by atoms with Crippen LogP contribution in [-0.2, 0) is 9.53 Å². The number of carbonyl (C=O) groups excluding carboxylic acids is 1. The van der Waals surface area contributed by atoms with Crippen LogP contribution in [-0.4, -0.2) is 24.8 Å². The van der Waals surface area contributed by atoms with E-state index in [9.17, 15) is 4.79 Å². The zero-order valence-electron chi connectivity index (χ0n) is 7.45. The van der Waals surface area contributed by atoms with Crippen molar-refractivity contribution in [3.8, 4) is 0 Å². The molecule has 3 heteroatoms. The first-order valence-electron chi connectivity index (χ1n) is 4.07. The Morgan fingerprint density at radius 2 is 2.33 bits per heavy atom. The topological polar surface area (TPSA) is 46.5 Å². The minimum atomic E-state index is -0.247. The SMILES string of the molecule is C=C[C@@H](CCCCO)C(=O)OC. The minimum absolute atomic E-state index is 0.172. The van der Waals surface area contributed by atoms with Crippen molar-refractivity contribution in [3.05, 3.63) is 12.7 Å². The van der Waals surface area contributed by atoms with Crippen LogP contribution in [0.15, 0.2) is 12.7 Å². The Morgan fingerprint density at radius 3 is 2.75 bits per heavy atom. The van der Waals surface area contributed by atoms with E-state index in [-0.39, 0.29) is 18.5 Å². The Kier molecular flexibility index (Phi) is 6.38. The maximum Gasteiger partial charge on any atom is 0.312 e. The average Bonchev–Trinajstić information content (AvgIpc) is 2.11. The predicted octanol–water partition coefficient (Wildman–Crippen LogP) is 1.12. The van der Waals surface area contributed by atoms with Gasteiger partial charge in [-0.05, 0) is 19.3 Å². The molecule has 3 nitrogen and oxygen atoms in total. The Morgan fingerprint density at radius 1 is 1.67 bits per heavy atom. The minimum Gasteiger partial charge on any atom is -0.469 e. The Bertz CT molecular complexity index is 143. The van der Waals surface area contributed by atoms with Gasteiger partial charge in [0, 0.05) is 6.61 Å². The number of unbranched alkanes of at least 4 members (excludes halogenated alkanes) is 1. The standard InChI is InChI=1S/C9H16O3/c1-3-8(9(11)12-2)6-4-5-7-10/h3,8,10H,1,4-7H2,2H3/t8-/m0/s1. The number of methoxy groups -OCH3 is 1. The van der Waals surface area contributed by atoms with E-state index < -0.39 is 0 Å². The van der Waals surface area contributed by atoms with Gasteiger partial charge in [-0.1, -0.05) is 6.08 Å². The maximum absolute atomic E-state index is 11.0. The van der Waals surface area contributed by atoms with Crippen LogP contribution in [0.4, 0.5) is 0 Å². The van der Waals surface area contributed by atoms with Crippen LogP contribution in [0.3, 0.4) is 0 Å². The van der Waals surface area contributed by atoms with E-state index in [1.165, 1.54) is 7.11 Å². The van der Waals surface area contributed by atoms with Crippen molar-refractivity contribution in [3.63, 3.8) is 0 Å². The van der Waals surface area contributed by atoms with Gasteiger partial charge in [0.05, 0.1) is 13.0 Å². The Hall–Kier alpha value is -0.830. The molecule has 12 heavy (non-hydrogen) atoms. The highest BCUT2D eigenvalue weighted by molar-refractivity contribution is 5.74. The smallest absolute Gasteiger partial charge is 0.312 e. The number of aliphatic hydroxyl groups is 1. The number of carbonyl (C=O) groups is 1. The fourth-order valence-electron chi connectivity index (χ4n) is 0.959. The van der Waals surface area contributed by atoms with Gasteiger partial charge in [-0.25, -0.2) is 0 Å². The van der Waals surface area contributed by atoms with Gasteiger partial charge < -0.3 is 9.84 Å². The number of aliphatic hydroxyl groups excluding tert-OH is 1. The van der Waals surface area contributed by atoms with Crippen molar-refractivity contribution in [2.45, 2.75) is 19.3 Å². The summed E-state index contributed by atoms with van der Waals surface area (Å²) in [6.07, 6.45) is 3.84.